The van der Waals surface area contributed by atoms with Gasteiger partial charge in [0, 0.05) is 43.5 Å². The summed E-state index contributed by atoms with van der Waals surface area (Å²) in [6.45, 7) is 2.68. The minimum atomic E-state index is -2.59. The molecule has 2 bridgehead atoms. The van der Waals surface area contributed by atoms with Gasteiger partial charge in [0.05, 0.1) is 12.2 Å². The Bertz CT molecular complexity index is 1600. The van der Waals surface area contributed by atoms with Crippen LogP contribution in [0.1, 0.15) is 38.3 Å². The van der Waals surface area contributed by atoms with Crippen LogP contribution in [0.4, 0.5) is 26.1 Å². The Morgan fingerprint density at radius 1 is 1.00 bits per heavy atom. The molecule has 9 nitrogen and oxygen atoms in total. The van der Waals surface area contributed by atoms with E-state index in [1.807, 2.05) is 47.4 Å². The molecule has 0 radical (unpaired) electrons. The minimum absolute atomic E-state index is 0.146. The Morgan fingerprint density at radius 3 is 2.54 bits per heavy atom. The van der Waals surface area contributed by atoms with Crippen molar-refractivity contribution in [3.63, 3.8) is 0 Å². The molecule has 39 heavy (non-hydrogen) atoms. The number of hydrogen-bond donors (Lipinski definition) is 2. The van der Waals surface area contributed by atoms with E-state index in [2.05, 4.69) is 15.3 Å². The van der Waals surface area contributed by atoms with Gasteiger partial charge in [0.2, 0.25) is 5.95 Å². The maximum Gasteiger partial charge on any atom is 0.278 e. The number of allylic oxidation sites excluding steroid dienone is 2. The van der Waals surface area contributed by atoms with Crippen molar-refractivity contribution in [2.24, 2.45) is 0 Å². The summed E-state index contributed by atoms with van der Waals surface area (Å²) in [4.78, 5) is 29.0. The number of fused-ring (bicyclic) bond motifs is 6. The largest absolute Gasteiger partial charge is 0.384 e. The van der Waals surface area contributed by atoms with Crippen LogP contribution in [0.5, 0.6) is 0 Å². The van der Waals surface area contributed by atoms with Gasteiger partial charge < -0.3 is 15.3 Å². The van der Waals surface area contributed by atoms with Gasteiger partial charge in [-0.15, -0.1) is 0 Å². The average molecular weight is 534 g/mol. The molecule has 0 unspecified atom stereocenters. The van der Waals surface area contributed by atoms with Gasteiger partial charge in [-0.3, -0.25) is 4.79 Å². The molecule has 11 heteroatoms. The lowest BCUT2D eigenvalue weighted by atomic mass is 9.95. The lowest BCUT2D eigenvalue weighted by molar-refractivity contribution is -0.0220. The van der Waals surface area contributed by atoms with Crippen molar-refractivity contribution in [3.8, 4) is 5.82 Å². The fraction of sp³-hybridized carbons (Fsp3) is 0.357. The first-order chi connectivity index (χ1) is 18.7. The molecule has 202 valence electrons. The predicted molar refractivity (Wildman–Crippen MR) is 145 cm³/mol. The number of pyridine rings is 1. The smallest absolute Gasteiger partial charge is 0.278 e. The average Bonchev–Trinajstić information content (AvgIpc) is 3.19. The summed E-state index contributed by atoms with van der Waals surface area (Å²) < 4.78 is 30.3. The van der Waals surface area contributed by atoms with E-state index in [0.29, 0.717) is 61.0 Å². The number of benzene rings is 1. The molecule has 4 aromatic rings. The van der Waals surface area contributed by atoms with Crippen LogP contribution in [-0.4, -0.2) is 48.4 Å². The highest BCUT2D eigenvalue weighted by Crippen LogP contribution is 2.31. The number of rotatable bonds is 3. The van der Waals surface area contributed by atoms with Gasteiger partial charge in [0.15, 0.2) is 11.5 Å². The van der Waals surface area contributed by atoms with Gasteiger partial charge in [-0.1, -0.05) is 18.2 Å². The third kappa shape index (κ3) is 4.89. The molecule has 1 saturated heterocycles. The standard InChI is InChI=1S/C28H29F2N7O2/c1-27(39)12-3-2-4-15-36-25(38)21-18-31-26(34-24(21)37(36)23-7-5-6-22(27)33-23)32-19-8-10-20(11-9-19)35-16-13-28(29,30)14-17-35/h2,4-11,18,39H,3,12-17H2,1H3,(H,31,32,34)/b4-2-/t27-/m0/s1. The number of aliphatic hydroxyl groups is 1. The quantitative estimate of drug-likeness (QED) is 0.374. The number of nitrogens with one attached hydrogen (secondary N) is 1. The summed E-state index contributed by atoms with van der Waals surface area (Å²) in [6, 6.07) is 12.8. The van der Waals surface area contributed by atoms with E-state index in [0.717, 1.165) is 11.4 Å². The number of piperidine rings is 1. The Hall–Kier alpha value is -4.12. The second-order valence-electron chi connectivity index (χ2n) is 10.3. The second-order valence-corrected chi connectivity index (χ2v) is 10.3. The molecular formula is C28H29F2N7O2. The maximum atomic E-state index is 13.5. The summed E-state index contributed by atoms with van der Waals surface area (Å²) >= 11 is 0. The van der Waals surface area contributed by atoms with Gasteiger partial charge >= 0.3 is 0 Å². The molecule has 6 rings (SSSR count). The maximum absolute atomic E-state index is 13.5. The summed E-state index contributed by atoms with van der Waals surface area (Å²) in [6.07, 6.45) is 6.21. The first-order valence-corrected chi connectivity index (χ1v) is 13.0. The van der Waals surface area contributed by atoms with E-state index < -0.39 is 11.5 Å². The number of hydrogen-bond acceptors (Lipinski definition) is 7. The molecule has 1 fully saturated rings. The zero-order chi connectivity index (χ0) is 27.2. The molecule has 1 atom stereocenters. The highest BCUT2D eigenvalue weighted by atomic mass is 19.3. The van der Waals surface area contributed by atoms with E-state index in [1.165, 1.54) is 6.20 Å². The first-order valence-electron chi connectivity index (χ1n) is 13.0. The summed E-state index contributed by atoms with van der Waals surface area (Å²) in [5.74, 6) is -1.83. The van der Waals surface area contributed by atoms with Crippen molar-refractivity contribution in [1.82, 2.24) is 24.3 Å². The van der Waals surface area contributed by atoms with Crippen molar-refractivity contribution in [3.05, 3.63) is 76.9 Å². The number of alkyl halides is 2. The second kappa shape index (κ2) is 9.57. The van der Waals surface area contributed by atoms with E-state index in [-0.39, 0.29) is 18.4 Å². The van der Waals surface area contributed by atoms with E-state index in [9.17, 15) is 18.7 Å². The van der Waals surface area contributed by atoms with Crippen LogP contribution in [0.3, 0.4) is 0 Å². The molecule has 2 aliphatic rings. The SMILES string of the molecule is C[C@]1(O)CC/C=C\Cn2c(=O)c3cnc(Nc4ccc(N5CCC(F)(F)CC5)cc4)nc3n2-c2cccc1n2. The number of nitrogens with zero attached hydrogens (tertiary/aromatic N) is 6. The topological polar surface area (TPSA) is 101 Å². The summed E-state index contributed by atoms with van der Waals surface area (Å²) in [5.41, 5.74) is 1.14. The third-order valence-corrected chi connectivity index (χ3v) is 7.41. The Labute approximate surface area is 223 Å². The van der Waals surface area contributed by atoms with Gasteiger partial charge in [-0.2, -0.15) is 4.98 Å². The van der Waals surface area contributed by atoms with Crippen molar-refractivity contribution in [2.75, 3.05) is 23.3 Å². The molecule has 2 aliphatic heterocycles. The molecule has 1 aromatic carbocycles. The predicted octanol–water partition coefficient (Wildman–Crippen LogP) is 4.51. The fourth-order valence-electron chi connectivity index (χ4n) is 5.09. The van der Waals surface area contributed by atoms with Crippen LogP contribution >= 0.6 is 0 Å². The van der Waals surface area contributed by atoms with Crippen LogP contribution in [0.25, 0.3) is 16.9 Å². The van der Waals surface area contributed by atoms with Gasteiger partial charge in [-0.25, -0.2) is 28.1 Å². The van der Waals surface area contributed by atoms with E-state index in [1.54, 1.807) is 28.4 Å². The van der Waals surface area contributed by atoms with Crippen LogP contribution < -0.4 is 15.8 Å². The first kappa shape index (κ1) is 25.2. The van der Waals surface area contributed by atoms with Crippen molar-refractivity contribution in [2.45, 2.75) is 50.7 Å². The highest BCUT2D eigenvalue weighted by Gasteiger charge is 2.34. The molecule has 0 aliphatic carbocycles. The van der Waals surface area contributed by atoms with Crippen LogP contribution in [0, 0.1) is 0 Å². The minimum Gasteiger partial charge on any atom is -0.384 e. The van der Waals surface area contributed by atoms with Crippen molar-refractivity contribution < 1.29 is 13.9 Å². The molecule has 0 saturated carbocycles. The van der Waals surface area contributed by atoms with Crippen molar-refractivity contribution >= 4 is 28.4 Å². The zero-order valence-electron chi connectivity index (χ0n) is 21.5. The van der Waals surface area contributed by atoms with Crippen LogP contribution in [-0.2, 0) is 12.1 Å². The molecule has 5 heterocycles. The molecule has 0 spiro atoms. The Kier molecular flexibility index (Phi) is 6.17. The Balaban J connectivity index is 1.34. The van der Waals surface area contributed by atoms with E-state index in [4.69, 9.17) is 4.98 Å². The molecule has 2 N–H and O–H groups in total. The van der Waals surface area contributed by atoms with Gasteiger partial charge in [0.25, 0.3) is 11.5 Å². The number of anilines is 3. The lowest BCUT2D eigenvalue weighted by Crippen LogP contribution is -2.39. The van der Waals surface area contributed by atoms with Crippen molar-refractivity contribution in [1.29, 1.82) is 0 Å². The molecular weight excluding hydrogens is 504 g/mol. The number of aromatic nitrogens is 5. The van der Waals surface area contributed by atoms with E-state index >= 15 is 0 Å². The fourth-order valence-corrected chi connectivity index (χ4v) is 5.09. The van der Waals surface area contributed by atoms with Crippen LogP contribution in [0.2, 0.25) is 0 Å². The third-order valence-electron chi connectivity index (χ3n) is 7.41. The molecule has 3 aromatic heterocycles. The summed E-state index contributed by atoms with van der Waals surface area (Å²) in [7, 11) is 0. The van der Waals surface area contributed by atoms with Gasteiger partial charge in [0.1, 0.15) is 11.0 Å². The van der Waals surface area contributed by atoms with Crippen LogP contribution in [0.15, 0.2) is 65.6 Å². The van der Waals surface area contributed by atoms with Gasteiger partial charge in [-0.05, 0) is 56.2 Å². The zero-order valence-corrected chi connectivity index (χ0v) is 21.5. The normalized spacial score (nSPS) is 21.7. The lowest BCUT2D eigenvalue weighted by Gasteiger charge is -2.33. The molecule has 0 amide bonds. The monoisotopic (exact) mass is 533 g/mol. The Morgan fingerprint density at radius 2 is 1.77 bits per heavy atom. The number of halogens is 2. The summed E-state index contributed by atoms with van der Waals surface area (Å²) in [5, 5.41) is 14.5. The highest BCUT2D eigenvalue weighted by molar-refractivity contribution is 5.77.